The monoisotopic (exact) mass is 311 g/mol. The Bertz CT molecular complexity index is 635. The van der Waals surface area contributed by atoms with Gasteiger partial charge in [-0.05, 0) is 51.4 Å². The van der Waals surface area contributed by atoms with E-state index < -0.39 is 0 Å². The van der Waals surface area contributed by atoms with Crippen LogP contribution in [-0.2, 0) is 6.42 Å². The number of pyridine rings is 1. The molecular formula is C18H25N5. The Morgan fingerprint density at radius 3 is 2.70 bits per heavy atom. The highest BCUT2D eigenvalue weighted by Gasteiger charge is 2.32. The van der Waals surface area contributed by atoms with Crippen molar-refractivity contribution in [3.05, 3.63) is 36.2 Å². The van der Waals surface area contributed by atoms with Crippen molar-refractivity contribution in [3.63, 3.8) is 0 Å². The van der Waals surface area contributed by atoms with Crippen molar-refractivity contribution < 1.29 is 0 Å². The third-order valence-corrected chi connectivity index (χ3v) is 4.36. The molecule has 0 spiro atoms. The quantitative estimate of drug-likeness (QED) is 0.852. The molecule has 1 unspecified atom stereocenters. The molecule has 0 saturated heterocycles. The smallest absolute Gasteiger partial charge is 0.180 e. The number of aryl methyl sites for hydroxylation is 1. The summed E-state index contributed by atoms with van der Waals surface area (Å²) in [5.74, 6) is 2.41. The van der Waals surface area contributed by atoms with E-state index in [4.69, 9.17) is 0 Å². The summed E-state index contributed by atoms with van der Waals surface area (Å²) >= 11 is 0. The zero-order chi connectivity index (χ0) is 16.2. The molecule has 23 heavy (non-hydrogen) atoms. The van der Waals surface area contributed by atoms with Crippen LogP contribution in [0.15, 0.2) is 30.5 Å². The Morgan fingerprint density at radius 1 is 1.26 bits per heavy atom. The number of nitrogens with one attached hydrogen (secondary N) is 1. The summed E-state index contributed by atoms with van der Waals surface area (Å²) in [6.45, 7) is 3.03. The molecule has 0 radical (unpaired) electrons. The molecule has 1 aliphatic rings. The Morgan fingerprint density at radius 2 is 2.09 bits per heavy atom. The lowest BCUT2D eigenvalue weighted by atomic mass is 10.1. The number of hydrogen-bond donors (Lipinski definition) is 1. The SMILES string of the molecule is CCc1cc(NCC(C2CC2)N(C)C)nc(-c2ccccn2)n1. The number of hydrogen-bond acceptors (Lipinski definition) is 5. The molecule has 2 aromatic heterocycles. The van der Waals surface area contributed by atoms with Crippen LogP contribution in [0.4, 0.5) is 5.82 Å². The van der Waals surface area contributed by atoms with E-state index in [1.165, 1.54) is 12.8 Å². The highest BCUT2D eigenvalue weighted by atomic mass is 15.1. The van der Waals surface area contributed by atoms with Crippen molar-refractivity contribution in [2.45, 2.75) is 32.2 Å². The molecule has 1 saturated carbocycles. The molecule has 3 rings (SSSR count). The standard InChI is InChI=1S/C18H25N5/c1-4-14-11-17(20-12-16(23(2)3)13-8-9-13)22-18(21-14)15-7-5-6-10-19-15/h5-7,10-11,13,16H,4,8-9,12H2,1-3H3,(H,20,21,22). The van der Waals surface area contributed by atoms with E-state index in [1.54, 1.807) is 6.20 Å². The summed E-state index contributed by atoms with van der Waals surface area (Å²) in [6.07, 6.45) is 5.34. The lowest BCUT2D eigenvalue weighted by Gasteiger charge is -2.24. The molecular weight excluding hydrogens is 286 g/mol. The summed E-state index contributed by atoms with van der Waals surface area (Å²) < 4.78 is 0. The number of nitrogens with zero attached hydrogens (tertiary/aromatic N) is 4. The molecule has 5 nitrogen and oxygen atoms in total. The van der Waals surface area contributed by atoms with Gasteiger partial charge in [0.05, 0.1) is 0 Å². The molecule has 1 atom stereocenters. The van der Waals surface area contributed by atoms with Crippen molar-refractivity contribution in [1.82, 2.24) is 19.9 Å². The van der Waals surface area contributed by atoms with Gasteiger partial charge in [-0.15, -0.1) is 0 Å². The minimum Gasteiger partial charge on any atom is -0.368 e. The Hall–Kier alpha value is -2.01. The molecule has 1 fully saturated rings. The van der Waals surface area contributed by atoms with E-state index in [0.717, 1.165) is 36.1 Å². The fraction of sp³-hybridized carbons (Fsp3) is 0.500. The molecule has 0 aliphatic heterocycles. The van der Waals surface area contributed by atoms with Crippen LogP contribution in [0.25, 0.3) is 11.5 Å². The molecule has 122 valence electrons. The molecule has 0 aromatic carbocycles. The van der Waals surface area contributed by atoms with Crippen molar-refractivity contribution in [3.8, 4) is 11.5 Å². The van der Waals surface area contributed by atoms with Gasteiger partial charge in [-0.3, -0.25) is 4.98 Å². The van der Waals surface area contributed by atoms with Gasteiger partial charge in [-0.2, -0.15) is 0 Å². The van der Waals surface area contributed by atoms with E-state index in [-0.39, 0.29) is 0 Å². The van der Waals surface area contributed by atoms with E-state index in [0.29, 0.717) is 11.9 Å². The fourth-order valence-corrected chi connectivity index (χ4v) is 2.84. The topological polar surface area (TPSA) is 53.9 Å². The normalized spacial score (nSPS) is 15.7. The van der Waals surface area contributed by atoms with Crippen molar-refractivity contribution in [1.29, 1.82) is 0 Å². The van der Waals surface area contributed by atoms with Gasteiger partial charge in [0, 0.05) is 30.5 Å². The van der Waals surface area contributed by atoms with Crippen LogP contribution in [0.5, 0.6) is 0 Å². The van der Waals surface area contributed by atoms with Gasteiger partial charge in [0.15, 0.2) is 5.82 Å². The molecule has 0 amide bonds. The lowest BCUT2D eigenvalue weighted by Crippen LogP contribution is -2.36. The first-order valence-corrected chi connectivity index (χ1v) is 8.37. The zero-order valence-electron chi connectivity index (χ0n) is 14.2. The summed E-state index contributed by atoms with van der Waals surface area (Å²) in [7, 11) is 4.31. The molecule has 5 heteroatoms. The minimum absolute atomic E-state index is 0.563. The van der Waals surface area contributed by atoms with Crippen molar-refractivity contribution in [2.75, 3.05) is 26.0 Å². The van der Waals surface area contributed by atoms with Gasteiger partial charge in [-0.1, -0.05) is 13.0 Å². The third kappa shape index (κ3) is 4.05. The minimum atomic E-state index is 0.563. The van der Waals surface area contributed by atoms with Gasteiger partial charge in [0.2, 0.25) is 0 Å². The summed E-state index contributed by atoms with van der Waals surface area (Å²) in [5, 5.41) is 3.51. The predicted octanol–water partition coefficient (Wildman–Crippen LogP) is 2.85. The Balaban J connectivity index is 1.78. The average molecular weight is 311 g/mol. The molecule has 2 aromatic rings. The second-order valence-electron chi connectivity index (χ2n) is 6.39. The van der Waals surface area contributed by atoms with Gasteiger partial charge in [-0.25, -0.2) is 9.97 Å². The van der Waals surface area contributed by atoms with E-state index in [9.17, 15) is 0 Å². The van der Waals surface area contributed by atoms with E-state index in [2.05, 4.69) is 46.2 Å². The van der Waals surface area contributed by atoms with Gasteiger partial charge < -0.3 is 10.2 Å². The van der Waals surface area contributed by atoms with Gasteiger partial charge in [0.1, 0.15) is 11.5 Å². The third-order valence-electron chi connectivity index (χ3n) is 4.36. The first kappa shape index (κ1) is 15.9. The first-order valence-electron chi connectivity index (χ1n) is 8.37. The van der Waals surface area contributed by atoms with E-state index >= 15 is 0 Å². The maximum absolute atomic E-state index is 4.66. The van der Waals surface area contributed by atoms with Crippen LogP contribution in [0.1, 0.15) is 25.5 Å². The Kier molecular flexibility index (Phi) is 4.86. The van der Waals surface area contributed by atoms with Crippen molar-refractivity contribution >= 4 is 5.82 Å². The number of aromatic nitrogens is 3. The van der Waals surface area contributed by atoms with Crippen LogP contribution in [0.2, 0.25) is 0 Å². The van der Waals surface area contributed by atoms with Crippen LogP contribution in [0.3, 0.4) is 0 Å². The zero-order valence-corrected chi connectivity index (χ0v) is 14.2. The molecule has 2 heterocycles. The molecule has 0 bridgehead atoms. The predicted molar refractivity (Wildman–Crippen MR) is 93.3 cm³/mol. The highest BCUT2D eigenvalue weighted by Crippen LogP contribution is 2.34. The Labute approximate surface area is 138 Å². The summed E-state index contributed by atoms with van der Waals surface area (Å²) in [4.78, 5) is 15.9. The van der Waals surface area contributed by atoms with Crippen LogP contribution < -0.4 is 5.32 Å². The highest BCUT2D eigenvalue weighted by molar-refractivity contribution is 5.52. The molecule has 1 aliphatic carbocycles. The average Bonchev–Trinajstić information content (AvgIpc) is 3.40. The summed E-state index contributed by atoms with van der Waals surface area (Å²) in [6, 6.07) is 8.43. The fourth-order valence-electron chi connectivity index (χ4n) is 2.84. The largest absolute Gasteiger partial charge is 0.368 e. The second-order valence-corrected chi connectivity index (χ2v) is 6.39. The van der Waals surface area contributed by atoms with Crippen molar-refractivity contribution in [2.24, 2.45) is 5.92 Å². The number of rotatable bonds is 7. The molecule has 1 N–H and O–H groups in total. The van der Waals surface area contributed by atoms with Gasteiger partial charge >= 0.3 is 0 Å². The maximum atomic E-state index is 4.66. The maximum Gasteiger partial charge on any atom is 0.180 e. The summed E-state index contributed by atoms with van der Waals surface area (Å²) in [5.41, 5.74) is 1.85. The number of likely N-dealkylation sites (N-methyl/N-ethyl adjacent to an activating group) is 1. The second kappa shape index (κ2) is 7.04. The van der Waals surface area contributed by atoms with Gasteiger partial charge in [0.25, 0.3) is 0 Å². The van der Waals surface area contributed by atoms with Crippen LogP contribution >= 0.6 is 0 Å². The first-order chi connectivity index (χ1) is 11.2. The van der Waals surface area contributed by atoms with Crippen LogP contribution in [-0.4, -0.2) is 46.5 Å². The van der Waals surface area contributed by atoms with Crippen LogP contribution in [0, 0.1) is 5.92 Å². The number of anilines is 1. The lowest BCUT2D eigenvalue weighted by molar-refractivity contribution is 0.276. The van der Waals surface area contributed by atoms with E-state index in [1.807, 2.05) is 24.3 Å².